The largest absolute Gasteiger partial charge is 0.307 e. The summed E-state index contributed by atoms with van der Waals surface area (Å²) >= 11 is 1.68. The molecule has 0 amide bonds. The van der Waals surface area contributed by atoms with E-state index in [1.165, 1.54) is 12.8 Å². The summed E-state index contributed by atoms with van der Waals surface area (Å²) in [6.45, 7) is 2.24. The summed E-state index contributed by atoms with van der Waals surface area (Å²) in [7, 11) is 0. The molecule has 0 bridgehead atoms. The number of allylic oxidation sites excluding steroid dienone is 1. The molecule has 1 fully saturated rings. The van der Waals surface area contributed by atoms with Crippen molar-refractivity contribution >= 4 is 12.0 Å². The predicted molar refractivity (Wildman–Crippen MR) is 43.8 cm³/mol. The van der Waals surface area contributed by atoms with E-state index >= 15 is 0 Å². The highest BCUT2D eigenvalue weighted by molar-refractivity contribution is 7.95. The maximum atomic E-state index is 5.51. The van der Waals surface area contributed by atoms with Gasteiger partial charge >= 0.3 is 0 Å². The number of rotatable bonds is 1. The smallest absolute Gasteiger partial charge is 0.0945 e. The summed E-state index contributed by atoms with van der Waals surface area (Å²) in [6.07, 6.45) is 7.37. The van der Waals surface area contributed by atoms with Gasteiger partial charge in [-0.3, -0.25) is 0 Å². The van der Waals surface area contributed by atoms with E-state index in [1.54, 1.807) is 12.0 Å². The van der Waals surface area contributed by atoms with E-state index in [9.17, 15) is 0 Å². The molecule has 1 heterocycles. The third-order valence-corrected chi connectivity index (χ3v) is 3.59. The molecule has 1 nitrogen and oxygen atoms in total. The minimum atomic E-state index is 0.440. The van der Waals surface area contributed by atoms with E-state index in [-0.39, 0.29) is 0 Å². The second-order valence-corrected chi connectivity index (χ2v) is 3.92. The second-order valence-electron chi connectivity index (χ2n) is 2.93. The van der Waals surface area contributed by atoms with Crippen LogP contribution in [-0.4, -0.2) is 11.4 Å². The van der Waals surface area contributed by atoms with Gasteiger partial charge in [0, 0.05) is 11.2 Å². The van der Waals surface area contributed by atoms with Gasteiger partial charge in [-0.2, -0.15) is 0 Å². The number of fused-ring (bicyclic) bond motifs is 1. The first-order valence-corrected chi connectivity index (χ1v) is 4.71. The molecule has 1 aliphatic carbocycles. The average Bonchev–Trinajstić information content (AvgIpc) is 2.44. The van der Waals surface area contributed by atoms with Gasteiger partial charge in [0.15, 0.2) is 0 Å². The van der Waals surface area contributed by atoms with Gasteiger partial charge in [-0.25, -0.2) is 0 Å². The molecule has 2 heteroatoms. The molecule has 2 aliphatic rings. The fourth-order valence-electron chi connectivity index (χ4n) is 1.69. The van der Waals surface area contributed by atoms with Crippen molar-refractivity contribution in [3.05, 3.63) is 12.2 Å². The molecule has 0 radical (unpaired) electrons. The molecule has 0 saturated carbocycles. The van der Waals surface area contributed by atoms with Crippen LogP contribution in [-0.2, 0) is 4.18 Å². The van der Waals surface area contributed by atoms with Crippen LogP contribution in [0.5, 0.6) is 0 Å². The van der Waals surface area contributed by atoms with Crippen LogP contribution < -0.4 is 0 Å². The van der Waals surface area contributed by atoms with Gasteiger partial charge < -0.3 is 4.18 Å². The normalized spacial score (nSPS) is 44.3. The zero-order valence-corrected chi connectivity index (χ0v) is 6.93. The maximum absolute atomic E-state index is 5.51. The molecule has 0 unspecified atom stereocenters. The molecule has 0 aromatic rings. The minimum Gasteiger partial charge on any atom is -0.307 e. The summed E-state index contributed by atoms with van der Waals surface area (Å²) < 4.78 is 5.51. The highest BCUT2D eigenvalue weighted by Crippen LogP contribution is 2.42. The summed E-state index contributed by atoms with van der Waals surface area (Å²) in [5.41, 5.74) is 0. The monoisotopic (exact) mass is 156 g/mol. The first-order valence-electron chi connectivity index (χ1n) is 3.90. The Morgan fingerprint density at radius 2 is 2.60 bits per heavy atom. The van der Waals surface area contributed by atoms with Gasteiger partial charge in [0.1, 0.15) is 0 Å². The third-order valence-electron chi connectivity index (χ3n) is 2.33. The highest BCUT2D eigenvalue weighted by atomic mass is 32.2. The van der Waals surface area contributed by atoms with Crippen LogP contribution in [0.2, 0.25) is 0 Å². The summed E-state index contributed by atoms with van der Waals surface area (Å²) in [5.74, 6) is 0.787. The van der Waals surface area contributed by atoms with Crippen molar-refractivity contribution in [2.45, 2.75) is 31.1 Å². The molecule has 2 rings (SSSR count). The Balaban J connectivity index is 2.05. The van der Waals surface area contributed by atoms with Crippen molar-refractivity contribution in [3.63, 3.8) is 0 Å². The Kier molecular flexibility index (Phi) is 1.75. The lowest BCUT2D eigenvalue weighted by Crippen LogP contribution is -2.16. The van der Waals surface area contributed by atoms with Crippen molar-refractivity contribution in [3.8, 4) is 0 Å². The molecule has 0 aromatic heterocycles. The van der Waals surface area contributed by atoms with E-state index in [0.717, 1.165) is 11.2 Å². The molecule has 1 saturated heterocycles. The van der Waals surface area contributed by atoms with E-state index in [4.69, 9.17) is 4.18 Å². The Morgan fingerprint density at radius 3 is 3.40 bits per heavy atom. The molecule has 0 aromatic carbocycles. The first-order chi connectivity index (χ1) is 4.92. The lowest BCUT2D eigenvalue weighted by atomic mass is 9.99. The van der Waals surface area contributed by atoms with Gasteiger partial charge in [0.25, 0.3) is 0 Å². The Labute approximate surface area is 66.0 Å². The topological polar surface area (TPSA) is 9.23 Å². The van der Waals surface area contributed by atoms with E-state index in [2.05, 4.69) is 19.1 Å². The van der Waals surface area contributed by atoms with Crippen molar-refractivity contribution in [2.75, 3.05) is 0 Å². The van der Waals surface area contributed by atoms with Gasteiger partial charge in [-0.05, 0) is 24.9 Å². The average molecular weight is 156 g/mol. The Morgan fingerprint density at radius 1 is 1.70 bits per heavy atom. The highest BCUT2D eigenvalue weighted by Gasteiger charge is 2.37. The van der Waals surface area contributed by atoms with Gasteiger partial charge in [-0.15, -0.1) is 0 Å². The van der Waals surface area contributed by atoms with Gasteiger partial charge in [-0.1, -0.05) is 19.1 Å². The number of hydrogen-bond donors (Lipinski definition) is 0. The SMILES string of the molecule is CC[C@H]1SO[C@@H]2C=CC[C@@H]21. The van der Waals surface area contributed by atoms with Crippen molar-refractivity contribution in [2.24, 2.45) is 5.92 Å². The molecule has 3 atom stereocenters. The van der Waals surface area contributed by atoms with E-state index in [0.29, 0.717) is 6.10 Å². The van der Waals surface area contributed by atoms with Crippen LogP contribution in [0.4, 0.5) is 0 Å². The van der Waals surface area contributed by atoms with E-state index < -0.39 is 0 Å². The molecular weight excluding hydrogens is 144 g/mol. The fourth-order valence-corrected chi connectivity index (χ4v) is 2.71. The minimum absolute atomic E-state index is 0.440. The standard InChI is InChI=1S/C8H12OS/c1-2-8-6-4-3-5-7(6)9-10-8/h3,5-8H,2,4H2,1H3/t6-,7+,8+/m0/s1. The summed E-state index contributed by atoms with van der Waals surface area (Å²) in [6, 6.07) is 0. The fraction of sp³-hybridized carbons (Fsp3) is 0.750. The predicted octanol–water partition coefficient (Wildman–Crippen LogP) is 2.39. The molecule has 0 N–H and O–H groups in total. The molecule has 0 spiro atoms. The Hall–Kier alpha value is 0.0500. The van der Waals surface area contributed by atoms with Crippen molar-refractivity contribution < 1.29 is 4.18 Å². The molecular formula is C8H12OS. The lowest BCUT2D eigenvalue weighted by molar-refractivity contribution is 0.261. The quantitative estimate of drug-likeness (QED) is 0.426. The Bertz CT molecular complexity index is 155. The van der Waals surface area contributed by atoms with Crippen molar-refractivity contribution in [1.82, 2.24) is 0 Å². The number of hydrogen-bond acceptors (Lipinski definition) is 2. The van der Waals surface area contributed by atoms with Crippen LogP contribution in [0, 0.1) is 5.92 Å². The lowest BCUT2D eigenvalue weighted by Gasteiger charge is -2.10. The first kappa shape index (κ1) is 6.74. The summed E-state index contributed by atoms with van der Waals surface area (Å²) in [4.78, 5) is 0. The van der Waals surface area contributed by atoms with E-state index in [1.807, 2.05) is 0 Å². The summed E-state index contributed by atoms with van der Waals surface area (Å²) in [5, 5.41) is 0.750. The zero-order valence-electron chi connectivity index (χ0n) is 6.12. The van der Waals surface area contributed by atoms with Crippen LogP contribution in [0.1, 0.15) is 19.8 Å². The molecule has 1 aliphatic heterocycles. The zero-order chi connectivity index (χ0) is 6.97. The van der Waals surface area contributed by atoms with Crippen LogP contribution in [0.3, 0.4) is 0 Å². The van der Waals surface area contributed by atoms with Crippen molar-refractivity contribution in [1.29, 1.82) is 0 Å². The van der Waals surface area contributed by atoms with Crippen LogP contribution in [0.25, 0.3) is 0 Å². The second kappa shape index (κ2) is 2.59. The van der Waals surface area contributed by atoms with Crippen LogP contribution in [0.15, 0.2) is 12.2 Å². The van der Waals surface area contributed by atoms with Crippen LogP contribution >= 0.6 is 12.0 Å². The third kappa shape index (κ3) is 0.903. The van der Waals surface area contributed by atoms with Gasteiger partial charge in [0.05, 0.1) is 6.10 Å². The van der Waals surface area contributed by atoms with Gasteiger partial charge in [0.2, 0.25) is 0 Å². The molecule has 56 valence electrons. The maximum Gasteiger partial charge on any atom is 0.0945 e. The molecule has 10 heavy (non-hydrogen) atoms.